The zero-order chi connectivity index (χ0) is 13.5. The van der Waals surface area contributed by atoms with E-state index in [1.54, 1.807) is 29.2 Å². The first-order valence-electron chi connectivity index (χ1n) is 5.89. The second-order valence-electron chi connectivity index (χ2n) is 4.18. The number of hydrogen-bond acceptors (Lipinski definition) is 5. The van der Waals surface area contributed by atoms with Crippen molar-refractivity contribution in [3.8, 4) is 11.4 Å². The molecule has 1 aromatic carbocycles. The second kappa shape index (κ2) is 4.21. The van der Waals surface area contributed by atoms with Gasteiger partial charge in [-0.2, -0.15) is 0 Å². The molecule has 6 nitrogen and oxygen atoms in total. The monoisotopic (exact) mass is 282 g/mol. The minimum atomic E-state index is 0.448. The Morgan fingerprint density at radius 2 is 1.90 bits per heavy atom. The van der Waals surface area contributed by atoms with Crippen LogP contribution in [0.15, 0.2) is 43.0 Å². The largest absolute Gasteiger partial charge is 0.262 e. The standard InChI is InChI=1S/C13H7ClN6/c14-10-6-15-7-11-18-19-13(20(10)11)8-2-1-3-9-12(8)17-5-4-16-9/h1-7H. The molecule has 0 aliphatic rings. The molecule has 3 heterocycles. The first-order valence-corrected chi connectivity index (χ1v) is 6.27. The number of fused-ring (bicyclic) bond motifs is 2. The number of para-hydroxylation sites is 1. The molecule has 0 saturated heterocycles. The Morgan fingerprint density at radius 3 is 2.85 bits per heavy atom. The van der Waals surface area contributed by atoms with Crippen molar-refractivity contribution >= 4 is 28.3 Å². The lowest BCUT2D eigenvalue weighted by atomic mass is 10.1. The van der Waals surface area contributed by atoms with Crippen LogP contribution in [0.1, 0.15) is 0 Å². The molecule has 0 aliphatic carbocycles. The van der Waals surface area contributed by atoms with E-state index >= 15 is 0 Å². The average molecular weight is 283 g/mol. The molecule has 3 aromatic heterocycles. The van der Waals surface area contributed by atoms with Crippen molar-refractivity contribution in [3.63, 3.8) is 0 Å². The lowest BCUT2D eigenvalue weighted by Crippen LogP contribution is -1.94. The highest BCUT2D eigenvalue weighted by Gasteiger charge is 2.14. The Morgan fingerprint density at radius 1 is 1.00 bits per heavy atom. The van der Waals surface area contributed by atoms with Crippen LogP contribution in [0.2, 0.25) is 5.15 Å². The van der Waals surface area contributed by atoms with E-state index in [9.17, 15) is 0 Å². The maximum Gasteiger partial charge on any atom is 0.180 e. The topological polar surface area (TPSA) is 68.9 Å². The van der Waals surface area contributed by atoms with Crippen molar-refractivity contribution in [1.82, 2.24) is 29.5 Å². The molecule has 4 rings (SSSR count). The van der Waals surface area contributed by atoms with Crippen molar-refractivity contribution in [3.05, 3.63) is 48.1 Å². The van der Waals surface area contributed by atoms with Crippen LogP contribution in [-0.2, 0) is 0 Å². The lowest BCUT2D eigenvalue weighted by molar-refractivity contribution is 1.11. The third-order valence-corrected chi connectivity index (χ3v) is 3.28. The molecule has 0 bridgehead atoms. The Labute approximate surface area is 118 Å². The van der Waals surface area contributed by atoms with Gasteiger partial charge in [-0.1, -0.05) is 17.7 Å². The van der Waals surface area contributed by atoms with Crippen molar-refractivity contribution < 1.29 is 0 Å². The van der Waals surface area contributed by atoms with Gasteiger partial charge in [-0.15, -0.1) is 10.2 Å². The number of benzene rings is 1. The summed E-state index contributed by atoms with van der Waals surface area (Å²) in [7, 11) is 0. The Kier molecular flexibility index (Phi) is 2.37. The van der Waals surface area contributed by atoms with Crippen molar-refractivity contribution in [1.29, 1.82) is 0 Å². The van der Waals surface area contributed by atoms with Crippen molar-refractivity contribution in [2.24, 2.45) is 0 Å². The Bertz CT molecular complexity index is 927. The molecule has 0 spiro atoms. The van der Waals surface area contributed by atoms with Crippen LogP contribution in [-0.4, -0.2) is 29.5 Å². The summed E-state index contributed by atoms with van der Waals surface area (Å²) >= 11 is 6.19. The highest BCUT2D eigenvalue weighted by atomic mass is 35.5. The van der Waals surface area contributed by atoms with Gasteiger partial charge in [-0.3, -0.25) is 19.4 Å². The van der Waals surface area contributed by atoms with Crippen LogP contribution in [0.5, 0.6) is 0 Å². The first-order chi connectivity index (χ1) is 9.84. The van der Waals surface area contributed by atoms with Gasteiger partial charge < -0.3 is 0 Å². The van der Waals surface area contributed by atoms with Crippen LogP contribution >= 0.6 is 11.6 Å². The van der Waals surface area contributed by atoms with Crippen LogP contribution < -0.4 is 0 Å². The fourth-order valence-corrected chi connectivity index (χ4v) is 2.38. The number of nitrogens with zero attached hydrogens (tertiary/aromatic N) is 6. The summed E-state index contributed by atoms with van der Waals surface area (Å²) in [5.74, 6) is 0.624. The van der Waals surface area contributed by atoms with Gasteiger partial charge in [0, 0.05) is 18.0 Å². The second-order valence-corrected chi connectivity index (χ2v) is 4.56. The quantitative estimate of drug-likeness (QED) is 0.536. The maximum absolute atomic E-state index is 6.19. The van der Waals surface area contributed by atoms with Gasteiger partial charge in [-0.05, 0) is 12.1 Å². The van der Waals surface area contributed by atoms with Gasteiger partial charge in [0.1, 0.15) is 5.15 Å². The summed E-state index contributed by atoms with van der Waals surface area (Å²) in [6.45, 7) is 0. The van der Waals surface area contributed by atoms with E-state index in [1.807, 2.05) is 18.2 Å². The number of rotatable bonds is 1. The van der Waals surface area contributed by atoms with Crippen LogP contribution in [0.25, 0.3) is 28.1 Å². The molecule has 0 aliphatic heterocycles. The molecular weight excluding hydrogens is 276 g/mol. The van der Waals surface area contributed by atoms with E-state index in [2.05, 4.69) is 25.1 Å². The summed E-state index contributed by atoms with van der Waals surface area (Å²) in [5.41, 5.74) is 2.98. The predicted molar refractivity (Wildman–Crippen MR) is 74.3 cm³/mol. The third kappa shape index (κ3) is 1.55. The molecule has 0 N–H and O–H groups in total. The van der Waals surface area contributed by atoms with E-state index in [-0.39, 0.29) is 0 Å². The zero-order valence-electron chi connectivity index (χ0n) is 10.1. The van der Waals surface area contributed by atoms with Crippen molar-refractivity contribution in [2.45, 2.75) is 0 Å². The van der Waals surface area contributed by atoms with Gasteiger partial charge >= 0.3 is 0 Å². The Balaban J connectivity index is 2.12. The predicted octanol–water partition coefficient (Wildman–Crippen LogP) is 2.39. The fraction of sp³-hybridized carbons (Fsp3) is 0. The molecular formula is C13H7ClN6. The van der Waals surface area contributed by atoms with Crippen molar-refractivity contribution in [2.75, 3.05) is 0 Å². The number of halogens is 1. The minimum absolute atomic E-state index is 0.448. The first kappa shape index (κ1) is 11.2. The third-order valence-electron chi connectivity index (χ3n) is 3.01. The molecule has 0 amide bonds. The average Bonchev–Trinajstić information content (AvgIpc) is 2.92. The van der Waals surface area contributed by atoms with Crippen LogP contribution in [0.3, 0.4) is 0 Å². The van der Waals surface area contributed by atoms with E-state index in [4.69, 9.17) is 11.6 Å². The summed E-state index contributed by atoms with van der Waals surface area (Å²) < 4.78 is 1.73. The van der Waals surface area contributed by atoms with Crippen LogP contribution in [0.4, 0.5) is 0 Å². The zero-order valence-corrected chi connectivity index (χ0v) is 10.9. The maximum atomic E-state index is 6.19. The van der Waals surface area contributed by atoms with E-state index in [0.717, 1.165) is 16.6 Å². The van der Waals surface area contributed by atoms with E-state index in [1.165, 1.54) is 0 Å². The van der Waals surface area contributed by atoms with Gasteiger partial charge in [-0.25, -0.2) is 0 Å². The Hall–Kier alpha value is -2.60. The molecule has 4 aromatic rings. The summed E-state index contributed by atoms with van der Waals surface area (Å²) in [6, 6.07) is 5.73. The van der Waals surface area contributed by atoms with Gasteiger partial charge in [0.05, 0.1) is 23.4 Å². The number of hydrogen-bond donors (Lipinski definition) is 0. The molecule has 20 heavy (non-hydrogen) atoms. The molecule has 0 radical (unpaired) electrons. The van der Waals surface area contributed by atoms with E-state index < -0.39 is 0 Å². The summed E-state index contributed by atoms with van der Waals surface area (Å²) in [5, 5.41) is 8.73. The lowest BCUT2D eigenvalue weighted by Gasteiger charge is -2.04. The summed E-state index contributed by atoms with van der Waals surface area (Å²) in [4.78, 5) is 12.7. The van der Waals surface area contributed by atoms with Gasteiger partial charge in [0.25, 0.3) is 0 Å². The molecule has 0 unspecified atom stereocenters. The highest BCUT2D eigenvalue weighted by Crippen LogP contribution is 2.26. The molecule has 0 atom stereocenters. The van der Waals surface area contributed by atoms with Gasteiger partial charge in [0.15, 0.2) is 11.5 Å². The molecule has 0 saturated carbocycles. The smallest absolute Gasteiger partial charge is 0.180 e. The summed E-state index contributed by atoms with van der Waals surface area (Å²) in [6.07, 6.45) is 6.47. The minimum Gasteiger partial charge on any atom is -0.262 e. The van der Waals surface area contributed by atoms with E-state index in [0.29, 0.717) is 16.6 Å². The van der Waals surface area contributed by atoms with Gasteiger partial charge in [0.2, 0.25) is 0 Å². The van der Waals surface area contributed by atoms with Crippen LogP contribution in [0, 0.1) is 0 Å². The SMILES string of the molecule is Clc1cncc2nnc(-c3cccc4nccnc34)n12. The highest BCUT2D eigenvalue weighted by molar-refractivity contribution is 6.29. The fourth-order valence-electron chi connectivity index (χ4n) is 2.16. The number of aromatic nitrogens is 6. The normalized spacial score (nSPS) is 11.2. The molecule has 0 fully saturated rings. The molecule has 96 valence electrons. The molecule has 7 heteroatoms.